The molecule has 2 amide bonds. The lowest BCUT2D eigenvalue weighted by molar-refractivity contribution is -0.127. The molecule has 6 nitrogen and oxygen atoms in total. The number of benzene rings is 1. The summed E-state index contributed by atoms with van der Waals surface area (Å²) in [7, 11) is 0. The third kappa shape index (κ3) is 5.81. The Morgan fingerprint density at radius 3 is 2.63 bits per heavy atom. The summed E-state index contributed by atoms with van der Waals surface area (Å²) in [5.41, 5.74) is 1.50. The molecule has 0 aliphatic carbocycles. The average molecular weight is 430 g/mol. The quantitative estimate of drug-likeness (QED) is 0.721. The first-order valence-electron chi connectivity index (χ1n) is 10.6. The molecule has 2 heterocycles. The van der Waals surface area contributed by atoms with E-state index in [1.54, 1.807) is 17.4 Å². The number of nitrogens with one attached hydrogen (secondary N) is 1. The molecule has 1 aliphatic rings. The van der Waals surface area contributed by atoms with Crippen molar-refractivity contribution in [2.45, 2.75) is 53.2 Å². The van der Waals surface area contributed by atoms with E-state index in [0.29, 0.717) is 49.8 Å². The number of thiazole rings is 1. The minimum Gasteiger partial charge on any atom is -0.487 e. The van der Waals surface area contributed by atoms with E-state index in [9.17, 15) is 9.59 Å². The van der Waals surface area contributed by atoms with Crippen LogP contribution in [-0.2, 0) is 11.4 Å². The van der Waals surface area contributed by atoms with Gasteiger partial charge in [0.15, 0.2) is 0 Å². The lowest BCUT2D eigenvalue weighted by Crippen LogP contribution is -2.45. The topological polar surface area (TPSA) is 71.5 Å². The normalized spacial score (nSPS) is 15.8. The SMILES string of the molecule is Cc1nc(COc2cccc(C(=O)N3CCC(C(=O)NC(C)C(C)C)CC3)c2)cs1. The molecule has 0 saturated carbocycles. The number of hydrogen-bond acceptors (Lipinski definition) is 5. The van der Waals surface area contributed by atoms with Crippen molar-refractivity contribution in [3.8, 4) is 5.75 Å². The molecule has 1 aliphatic heterocycles. The molecule has 1 atom stereocenters. The van der Waals surface area contributed by atoms with Gasteiger partial charge in [-0.3, -0.25) is 9.59 Å². The second kappa shape index (κ2) is 10.1. The number of carbonyl (C=O) groups is 2. The standard InChI is InChI=1S/C23H31N3O3S/c1-15(2)16(3)24-22(27)18-8-10-26(11-9-18)23(28)19-6-5-7-21(12-19)29-13-20-14-30-17(4)25-20/h5-7,12,14-16,18H,8-11,13H2,1-4H3,(H,24,27). The van der Waals surface area contributed by atoms with Crippen molar-refractivity contribution in [2.24, 2.45) is 11.8 Å². The van der Waals surface area contributed by atoms with Gasteiger partial charge < -0.3 is 15.0 Å². The summed E-state index contributed by atoms with van der Waals surface area (Å²) in [4.78, 5) is 31.6. The number of ether oxygens (including phenoxy) is 1. The number of aryl methyl sites for hydroxylation is 1. The fourth-order valence-corrected chi connectivity index (χ4v) is 3.98. The second-order valence-electron chi connectivity index (χ2n) is 8.28. The summed E-state index contributed by atoms with van der Waals surface area (Å²) < 4.78 is 5.81. The molecular weight excluding hydrogens is 398 g/mol. The number of hydrogen-bond donors (Lipinski definition) is 1. The van der Waals surface area contributed by atoms with Gasteiger partial charge in [-0.05, 0) is 50.8 Å². The zero-order chi connectivity index (χ0) is 21.7. The third-order valence-corrected chi connectivity index (χ3v) is 6.48. The second-order valence-corrected chi connectivity index (χ2v) is 9.34. The van der Waals surface area contributed by atoms with Gasteiger partial charge >= 0.3 is 0 Å². The Labute approximate surface area is 182 Å². The lowest BCUT2D eigenvalue weighted by Gasteiger charge is -2.32. The molecule has 2 aromatic rings. The molecule has 1 aromatic carbocycles. The number of rotatable bonds is 7. The molecule has 7 heteroatoms. The molecular formula is C23H31N3O3S. The summed E-state index contributed by atoms with van der Waals surface area (Å²) in [6.07, 6.45) is 1.39. The maximum absolute atomic E-state index is 12.9. The largest absolute Gasteiger partial charge is 0.487 e. The smallest absolute Gasteiger partial charge is 0.253 e. The van der Waals surface area contributed by atoms with Gasteiger partial charge in [-0.2, -0.15) is 0 Å². The number of carbonyl (C=O) groups excluding carboxylic acids is 2. The van der Waals surface area contributed by atoms with Crippen LogP contribution in [0.3, 0.4) is 0 Å². The average Bonchev–Trinajstić information content (AvgIpc) is 3.17. The van der Waals surface area contributed by atoms with Crippen molar-refractivity contribution >= 4 is 23.2 Å². The van der Waals surface area contributed by atoms with Crippen LogP contribution in [0.5, 0.6) is 5.75 Å². The molecule has 1 N–H and O–H groups in total. The summed E-state index contributed by atoms with van der Waals surface area (Å²) in [5, 5.41) is 6.08. The number of likely N-dealkylation sites (tertiary alicyclic amines) is 1. The van der Waals surface area contributed by atoms with Gasteiger partial charge in [0.05, 0.1) is 10.7 Å². The van der Waals surface area contributed by atoms with Gasteiger partial charge in [-0.1, -0.05) is 19.9 Å². The molecule has 1 fully saturated rings. The Morgan fingerprint density at radius 2 is 2.00 bits per heavy atom. The molecule has 1 unspecified atom stereocenters. The number of piperidine rings is 1. The molecule has 162 valence electrons. The molecule has 0 bridgehead atoms. The first kappa shape index (κ1) is 22.3. The number of amides is 2. The van der Waals surface area contributed by atoms with Gasteiger partial charge in [0.2, 0.25) is 5.91 Å². The molecule has 1 saturated heterocycles. The van der Waals surface area contributed by atoms with Crippen LogP contribution >= 0.6 is 11.3 Å². The fraction of sp³-hybridized carbons (Fsp3) is 0.522. The van der Waals surface area contributed by atoms with E-state index in [-0.39, 0.29) is 23.8 Å². The molecule has 0 spiro atoms. The lowest BCUT2D eigenvalue weighted by atomic mass is 9.94. The highest BCUT2D eigenvalue weighted by Gasteiger charge is 2.28. The number of aromatic nitrogens is 1. The van der Waals surface area contributed by atoms with E-state index in [1.165, 1.54) is 0 Å². The van der Waals surface area contributed by atoms with Gasteiger partial charge in [0.25, 0.3) is 5.91 Å². The monoisotopic (exact) mass is 429 g/mol. The van der Waals surface area contributed by atoms with Crippen LogP contribution in [0.2, 0.25) is 0 Å². The highest BCUT2D eigenvalue weighted by atomic mass is 32.1. The predicted molar refractivity (Wildman–Crippen MR) is 119 cm³/mol. The van der Waals surface area contributed by atoms with E-state index in [2.05, 4.69) is 24.1 Å². The molecule has 3 rings (SSSR count). The fourth-order valence-electron chi connectivity index (χ4n) is 3.39. The maximum atomic E-state index is 12.9. The van der Waals surface area contributed by atoms with E-state index in [4.69, 9.17) is 4.74 Å². The summed E-state index contributed by atoms with van der Waals surface area (Å²) in [5.74, 6) is 1.13. The first-order chi connectivity index (χ1) is 14.3. The summed E-state index contributed by atoms with van der Waals surface area (Å²) in [6.45, 7) is 9.77. The van der Waals surface area contributed by atoms with Crippen molar-refractivity contribution in [2.75, 3.05) is 13.1 Å². The van der Waals surface area contributed by atoms with Gasteiger partial charge in [0, 0.05) is 36.0 Å². The Bertz CT molecular complexity index is 872. The first-order valence-corrected chi connectivity index (χ1v) is 11.4. The zero-order valence-corrected chi connectivity index (χ0v) is 19.0. The van der Waals surface area contributed by atoms with E-state index < -0.39 is 0 Å². The summed E-state index contributed by atoms with van der Waals surface area (Å²) in [6, 6.07) is 7.44. The van der Waals surface area contributed by atoms with E-state index in [0.717, 1.165) is 10.7 Å². The molecule has 30 heavy (non-hydrogen) atoms. The van der Waals surface area contributed by atoms with Crippen LogP contribution in [-0.4, -0.2) is 40.8 Å². The van der Waals surface area contributed by atoms with E-state index in [1.807, 2.05) is 42.3 Å². The molecule has 0 radical (unpaired) electrons. The van der Waals surface area contributed by atoms with Crippen LogP contribution in [0, 0.1) is 18.8 Å². The van der Waals surface area contributed by atoms with Gasteiger partial charge in [0.1, 0.15) is 12.4 Å². The van der Waals surface area contributed by atoms with Crippen LogP contribution in [0.4, 0.5) is 0 Å². The Hall–Kier alpha value is -2.41. The van der Waals surface area contributed by atoms with Crippen molar-refractivity contribution in [1.29, 1.82) is 0 Å². The van der Waals surface area contributed by atoms with Gasteiger partial charge in [-0.25, -0.2) is 4.98 Å². The number of nitrogens with zero attached hydrogens (tertiary/aromatic N) is 2. The van der Waals surface area contributed by atoms with Crippen molar-refractivity contribution in [1.82, 2.24) is 15.2 Å². The summed E-state index contributed by atoms with van der Waals surface area (Å²) >= 11 is 1.59. The highest BCUT2D eigenvalue weighted by Crippen LogP contribution is 2.22. The Balaban J connectivity index is 1.53. The minimum atomic E-state index is -0.0218. The van der Waals surface area contributed by atoms with Crippen LogP contribution in [0.1, 0.15) is 54.7 Å². The van der Waals surface area contributed by atoms with Gasteiger partial charge in [-0.15, -0.1) is 11.3 Å². The Kier molecular flexibility index (Phi) is 7.48. The predicted octanol–water partition coefficient (Wildman–Crippen LogP) is 4.04. The van der Waals surface area contributed by atoms with E-state index >= 15 is 0 Å². The zero-order valence-electron chi connectivity index (χ0n) is 18.2. The van der Waals surface area contributed by atoms with Crippen molar-refractivity contribution in [3.05, 3.63) is 45.9 Å². The highest BCUT2D eigenvalue weighted by molar-refractivity contribution is 7.09. The Morgan fingerprint density at radius 1 is 1.27 bits per heavy atom. The molecule has 1 aromatic heterocycles. The maximum Gasteiger partial charge on any atom is 0.253 e. The van der Waals surface area contributed by atoms with Crippen LogP contribution < -0.4 is 10.1 Å². The van der Waals surface area contributed by atoms with Crippen LogP contribution in [0.25, 0.3) is 0 Å². The van der Waals surface area contributed by atoms with Crippen molar-refractivity contribution < 1.29 is 14.3 Å². The van der Waals surface area contributed by atoms with Crippen LogP contribution in [0.15, 0.2) is 29.6 Å². The minimum absolute atomic E-state index is 0.0145. The third-order valence-electron chi connectivity index (χ3n) is 5.66. The van der Waals surface area contributed by atoms with Crippen molar-refractivity contribution in [3.63, 3.8) is 0 Å².